The molecular weight excluding hydrogens is 176 g/mol. The normalized spacial score (nSPS) is 20.1. The highest BCUT2D eigenvalue weighted by Gasteiger charge is 2.22. The van der Waals surface area contributed by atoms with Gasteiger partial charge in [-0.2, -0.15) is 0 Å². The van der Waals surface area contributed by atoms with Crippen molar-refractivity contribution in [2.24, 2.45) is 4.99 Å². The van der Waals surface area contributed by atoms with Crippen LogP contribution in [0.5, 0.6) is 0 Å². The summed E-state index contributed by atoms with van der Waals surface area (Å²) in [5.41, 5.74) is 8.89. The van der Waals surface area contributed by atoms with Gasteiger partial charge < -0.3 is 5.73 Å². The zero-order valence-corrected chi connectivity index (χ0v) is 8.49. The van der Waals surface area contributed by atoms with Crippen molar-refractivity contribution in [3.05, 3.63) is 17.6 Å². The Labute approximate surface area is 83.3 Å². The largest absolute Gasteiger partial charge is 0.383 e. The minimum absolute atomic E-state index is 0.352. The zero-order chi connectivity index (χ0) is 10.1. The fourth-order valence-corrected chi connectivity index (χ4v) is 1.78. The third kappa shape index (κ3) is 1.27. The third-order valence-electron chi connectivity index (χ3n) is 2.55. The predicted molar refractivity (Wildman–Crippen MR) is 56.6 cm³/mol. The summed E-state index contributed by atoms with van der Waals surface area (Å²) in [4.78, 5) is 12.8. The molecule has 4 nitrogen and oxygen atoms in total. The smallest absolute Gasteiger partial charge is 0.136 e. The van der Waals surface area contributed by atoms with Crippen LogP contribution in [0, 0.1) is 0 Å². The van der Waals surface area contributed by atoms with E-state index in [9.17, 15) is 0 Å². The first-order chi connectivity index (χ1) is 6.74. The summed E-state index contributed by atoms with van der Waals surface area (Å²) < 4.78 is 0. The topological polar surface area (TPSA) is 64.2 Å². The second-order valence-electron chi connectivity index (χ2n) is 3.56. The Morgan fingerprint density at radius 2 is 2.29 bits per heavy atom. The van der Waals surface area contributed by atoms with Gasteiger partial charge >= 0.3 is 0 Å². The molecule has 1 aliphatic heterocycles. The molecule has 0 saturated heterocycles. The Kier molecular flexibility index (Phi) is 2.19. The maximum atomic E-state index is 5.84. The molecule has 74 valence electrons. The van der Waals surface area contributed by atoms with Crippen molar-refractivity contribution in [3.63, 3.8) is 0 Å². The fourth-order valence-electron chi connectivity index (χ4n) is 1.78. The van der Waals surface area contributed by atoms with E-state index in [1.54, 1.807) is 0 Å². The molecule has 0 aromatic carbocycles. The summed E-state index contributed by atoms with van der Waals surface area (Å²) in [7, 11) is 0. The van der Waals surface area contributed by atoms with Gasteiger partial charge in [-0.1, -0.05) is 13.8 Å². The van der Waals surface area contributed by atoms with E-state index in [4.69, 9.17) is 5.73 Å². The number of anilines is 1. The van der Waals surface area contributed by atoms with Crippen molar-refractivity contribution in [2.45, 2.75) is 26.2 Å². The van der Waals surface area contributed by atoms with Gasteiger partial charge in [-0.25, -0.2) is 9.97 Å². The molecular formula is C10H14N4. The molecule has 2 rings (SSSR count). The number of aromatic nitrogens is 2. The Hall–Kier alpha value is -1.45. The van der Waals surface area contributed by atoms with Crippen LogP contribution in [0.4, 0.5) is 5.82 Å². The van der Waals surface area contributed by atoms with Crippen LogP contribution in [0.15, 0.2) is 11.3 Å². The quantitative estimate of drug-likeness (QED) is 0.727. The monoisotopic (exact) mass is 190 g/mol. The first kappa shape index (κ1) is 9.12. The van der Waals surface area contributed by atoms with E-state index in [0.29, 0.717) is 11.7 Å². The van der Waals surface area contributed by atoms with E-state index in [1.165, 1.54) is 6.33 Å². The lowest BCUT2D eigenvalue weighted by Crippen LogP contribution is -2.19. The van der Waals surface area contributed by atoms with Gasteiger partial charge in [0.25, 0.3) is 0 Å². The SMILES string of the molecule is CCC1=NCC(C)c2ncnc(N)c21. The van der Waals surface area contributed by atoms with E-state index in [1.807, 2.05) is 0 Å². The van der Waals surface area contributed by atoms with Gasteiger partial charge in [0.15, 0.2) is 0 Å². The van der Waals surface area contributed by atoms with E-state index in [2.05, 4.69) is 28.8 Å². The number of nitrogens with zero attached hydrogens (tertiary/aromatic N) is 3. The Morgan fingerprint density at radius 1 is 1.50 bits per heavy atom. The number of nitrogens with two attached hydrogens (primary N) is 1. The van der Waals surface area contributed by atoms with Crippen LogP contribution < -0.4 is 5.73 Å². The molecule has 0 fully saturated rings. The molecule has 0 spiro atoms. The molecule has 2 N–H and O–H groups in total. The van der Waals surface area contributed by atoms with E-state index >= 15 is 0 Å². The summed E-state index contributed by atoms with van der Waals surface area (Å²) in [6.45, 7) is 5.00. The van der Waals surface area contributed by atoms with Crippen LogP contribution >= 0.6 is 0 Å². The van der Waals surface area contributed by atoms with Crippen LogP contribution in [-0.2, 0) is 0 Å². The molecule has 1 aromatic heterocycles. The van der Waals surface area contributed by atoms with Gasteiger partial charge in [-0.3, -0.25) is 4.99 Å². The van der Waals surface area contributed by atoms with Crippen LogP contribution in [0.2, 0.25) is 0 Å². The van der Waals surface area contributed by atoms with Crippen molar-refractivity contribution in [2.75, 3.05) is 12.3 Å². The lowest BCUT2D eigenvalue weighted by molar-refractivity contribution is 0.724. The first-order valence-corrected chi connectivity index (χ1v) is 4.88. The van der Waals surface area contributed by atoms with E-state index < -0.39 is 0 Å². The van der Waals surface area contributed by atoms with E-state index in [0.717, 1.165) is 29.9 Å². The average Bonchev–Trinajstić information content (AvgIpc) is 2.20. The molecule has 1 aliphatic rings. The second kappa shape index (κ2) is 3.36. The van der Waals surface area contributed by atoms with Crippen LogP contribution in [0.1, 0.15) is 37.4 Å². The zero-order valence-electron chi connectivity index (χ0n) is 8.49. The van der Waals surface area contributed by atoms with Gasteiger partial charge in [0, 0.05) is 18.2 Å². The Balaban J connectivity index is 2.61. The fraction of sp³-hybridized carbons (Fsp3) is 0.500. The van der Waals surface area contributed by atoms with Crippen LogP contribution in [0.3, 0.4) is 0 Å². The first-order valence-electron chi connectivity index (χ1n) is 4.88. The average molecular weight is 190 g/mol. The molecule has 1 unspecified atom stereocenters. The molecule has 1 aromatic rings. The summed E-state index contributed by atoms with van der Waals surface area (Å²) in [5, 5.41) is 0. The van der Waals surface area contributed by atoms with Crippen molar-refractivity contribution >= 4 is 11.5 Å². The third-order valence-corrected chi connectivity index (χ3v) is 2.55. The lowest BCUT2D eigenvalue weighted by atomic mass is 9.95. The summed E-state index contributed by atoms with van der Waals surface area (Å²) in [6.07, 6.45) is 2.42. The lowest BCUT2D eigenvalue weighted by Gasteiger charge is -2.20. The van der Waals surface area contributed by atoms with Crippen LogP contribution in [0.25, 0.3) is 0 Å². The van der Waals surface area contributed by atoms with Crippen molar-refractivity contribution < 1.29 is 0 Å². The van der Waals surface area contributed by atoms with E-state index in [-0.39, 0.29) is 0 Å². The number of aliphatic imine (C=N–C) groups is 1. The molecule has 0 bridgehead atoms. The van der Waals surface area contributed by atoms with Crippen molar-refractivity contribution in [1.29, 1.82) is 0 Å². The van der Waals surface area contributed by atoms with Gasteiger partial charge in [-0.05, 0) is 6.42 Å². The standard InChI is InChI=1S/C10H14N4/c1-3-7-8-9(6(2)4-12-7)13-5-14-10(8)11/h5-6H,3-4H2,1-2H3,(H2,11,13,14). The highest BCUT2D eigenvalue weighted by Crippen LogP contribution is 2.26. The summed E-state index contributed by atoms with van der Waals surface area (Å²) in [6, 6.07) is 0. The summed E-state index contributed by atoms with van der Waals surface area (Å²) in [5.74, 6) is 0.910. The van der Waals surface area contributed by atoms with Gasteiger partial charge in [0.2, 0.25) is 0 Å². The van der Waals surface area contributed by atoms with Crippen LogP contribution in [-0.4, -0.2) is 22.2 Å². The highest BCUT2D eigenvalue weighted by molar-refractivity contribution is 6.05. The molecule has 4 heteroatoms. The van der Waals surface area contributed by atoms with Gasteiger partial charge in [0.1, 0.15) is 12.1 Å². The number of nitrogen functional groups attached to an aromatic ring is 1. The Morgan fingerprint density at radius 3 is 3.00 bits per heavy atom. The number of rotatable bonds is 1. The highest BCUT2D eigenvalue weighted by atomic mass is 14.9. The predicted octanol–water partition coefficient (Wildman–Crippen LogP) is 1.38. The van der Waals surface area contributed by atoms with Crippen molar-refractivity contribution in [1.82, 2.24) is 9.97 Å². The second-order valence-corrected chi connectivity index (χ2v) is 3.56. The molecule has 0 saturated carbocycles. The maximum Gasteiger partial charge on any atom is 0.136 e. The number of hydrogen-bond donors (Lipinski definition) is 1. The van der Waals surface area contributed by atoms with Crippen molar-refractivity contribution in [3.8, 4) is 0 Å². The molecule has 2 heterocycles. The minimum Gasteiger partial charge on any atom is -0.383 e. The molecule has 0 radical (unpaired) electrons. The molecule has 0 amide bonds. The Bertz CT molecular complexity index is 384. The summed E-state index contributed by atoms with van der Waals surface area (Å²) >= 11 is 0. The molecule has 0 aliphatic carbocycles. The number of fused-ring (bicyclic) bond motifs is 1. The molecule has 1 atom stereocenters. The molecule has 14 heavy (non-hydrogen) atoms. The minimum atomic E-state index is 0.352. The van der Waals surface area contributed by atoms with Gasteiger partial charge in [-0.15, -0.1) is 0 Å². The number of hydrogen-bond acceptors (Lipinski definition) is 4. The maximum absolute atomic E-state index is 5.84. The van der Waals surface area contributed by atoms with Gasteiger partial charge in [0.05, 0.1) is 11.3 Å².